The number of rotatable bonds is 6. The highest BCUT2D eigenvalue weighted by Crippen LogP contribution is 2.40. The van der Waals surface area contributed by atoms with Crippen LogP contribution in [0.2, 0.25) is 0 Å². The minimum atomic E-state index is -1.36. The van der Waals surface area contributed by atoms with Gasteiger partial charge >= 0.3 is 0 Å². The Kier molecular flexibility index (Phi) is 7.26. The summed E-state index contributed by atoms with van der Waals surface area (Å²) in [4.78, 5) is 0. The van der Waals surface area contributed by atoms with E-state index in [0.717, 1.165) is 37.7 Å². The Morgan fingerprint density at radius 2 is 1.62 bits per heavy atom. The summed E-state index contributed by atoms with van der Waals surface area (Å²) in [5, 5.41) is 0. The van der Waals surface area contributed by atoms with Crippen LogP contribution in [-0.2, 0) is 15.9 Å². The van der Waals surface area contributed by atoms with E-state index in [1.807, 2.05) is 19.9 Å². The third-order valence-electron chi connectivity index (χ3n) is 7.08. The van der Waals surface area contributed by atoms with Crippen molar-refractivity contribution in [3.8, 4) is 11.1 Å². The maximum Gasteiger partial charge on any atom is 0.160 e. The van der Waals surface area contributed by atoms with E-state index in [1.165, 1.54) is 6.07 Å². The molecule has 0 spiro atoms. The molecule has 1 heterocycles. The summed E-state index contributed by atoms with van der Waals surface area (Å²) in [6.07, 6.45) is 5.17. The normalized spacial score (nSPS) is 28.6. The number of hydrogen-bond donors (Lipinski definition) is 0. The molecule has 0 bridgehead atoms. The van der Waals surface area contributed by atoms with Crippen molar-refractivity contribution in [3.05, 3.63) is 59.2 Å². The van der Waals surface area contributed by atoms with Gasteiger partial charge in [-0.15, -0.1) is 0 Å². The maximum atomic E-state index is 14.9. The third kappa shape index (κ3) is 5.04. The Bertz CT molecular complexity index is 913. The van der Waals surface area contributed by atoms with Crippen LogP contribution in [0, 0.1) is 17.6 Å². The van der Waals surface area contributed by atoms with Crippen LogP contribution in [0.15, 0.2) is 36.4 Å². The molecular formula is C27H33F3O2. The summed E-state index contributed by atoms with van der Waals surface area (Å²) >= 11 is 0. The fourth-order valence-electron chi connectivity index (χ4n) is 5.16. The molecule has 5 heteroatoms. The minimum absolute atomic E-state index is 0.109. The fraction of sp³-hybridized carbons (Fsp3) is 0.556. The smallest absolute Gasteiger partial charge is 0.160 e. The summed E-state index contributed by atoms with van der Waals surface area (Å²) in [5.41, 5.74) is 1.24. The summed E-state index contributed by atoms with van der Waals surface area (Å²) in [5.74, 6) is -0.0828. The Balaban J connectivity index is 1.36. The molecule has 0 radical (unpaired) electrons. The van der Waals surface area contributed by atoms with Crippen LogP contribution in [-0.4, -0.2) is 25.2 Å². The van der Waals surface area contributed by atoms with Crippen LogP contribution in [0.3, 0.4) is 0 Å². The fourth-order valence-corrected chi connectivity index (χ4v) is 5.16. The molecule has 1 saturated carbocycles. The maximum absolute atomic E-state index is 14.9. The molecule has 1 aliphatic heterocycles. The summed E-state index contributed by atoms with van der Waals surface area (Å²) in [6.45, 7) is 4.08. The van der Waals surface area contributed by atoms with Crippen molar-refractivity contribution in [3.63, 3.8) is 0 Å². The first-order valence-corrected chi connectivity index (χ1v) is 11.9. The number of ether oxygens (including phenoxy) is 2. The first-order chi connectivity index (χ1) is 15.4. The molecule has 2 aliphatic rings. The van der Waals surface area contributed by atoms with E-state index in [4.69, 9.17) is 9.47 Å². The number of aryl methyl sites for hydroxylation is 1. The molecular weight excluding hydrogens is 413 g/mol. The zero-order valence-electron chi connectivity index (χ0n) is 19.0. The predicted octanol–water partition coefficient (Wildman–Crippen LogP) is 7.35. The number of benzene rings is 2. The quantitative estimate of drug-likeness (QED) is 0.462. The zero-order valence-corrected chi connectivity index (χ0v) is 19.0. The third-order valence-corrected chi connectivity index (χ3v) is 7.08. The predicted molar refractivity (Wildman–Crippen MR) is 120 cm³/mol. The second-order valence-electron chi connectivity index (χ2n) is 9.40. The van der Waals surface area contributed by atoms with Gasteiger partial charge in [0.1, 0.15) is 11.6 Å². The molecule has 4 rings (SSSR count). The van der Waals surface area contributed by atoms with Crippen LogP contribution in [0.4, 0.5) is 13.2 Å². The molecule has 1 aliphatic carbocycles. The zero-order chi connectivity index (χ0) is 22.7. The molecule has 174 valence electrons. The lowest BCUT2D eigenvalue weighted by Gasteiger charge is -2.40. The molecule has 0 amide bonds. The largest absolute Gasteiger partial charge is 0.349 e. The van der Waals surface area contributed by atoms with Gasteiger partial charge in [0.25, 0.3) is 0 Å². The average molecular weight is 447 g/mol. The molecule has 2 fully saturated rings. The minimum Gasteiger partial charge on any atom is -0.349 e. The van der Waals surface area contributed by atoms with Crippen LogP contribution >= 0.6 is 0 Å². The monoisotopic (exact) mass is 446 g/mol. The topological polar surface area (TPSA) is 18.5 Å². The van der Waals surface area contributed by atoms with Crippen molar-refractivity contribution in [2.24, 2.45) is 5.92 Å². The molecule has 1 saturated heterocycles. The van der Waals surface area contributed by atoms with Gasteiger partial charge in [0, 0.05) is 11.5 Å². The summed E-state index contributed by atoms with van der Waals surface area (Å²) < 4.78 is 55.1. The molecule has 0 unspecified atom stereocenters. The van der Waals surface area contributed by atoms with E-state index >= 15 is 0 Å². The van der Waals surface area contributed by atoms with Gasteiger partial charge < -0.3 is 9.47 Å². The molecule has 2 aromatic rings. The van der Waals surface area contributed by atoms with Gasteiger partial charge in [-0.1, -0.05) is 44.5 Å². The van der Waals surface area contributed by atoms with Crippen LogP contribution in [0.1, 0.15) is 69.4 Å². The van der Waals surface area contributed by atoms with Gasteiger partial charge in [0.05, 0.1) is 13.2 Å². The second kappa shape index (κ2) is 9.96. The van der Waals surface area contributed by atoms with Crippen molar-refractivity contribution in [2.45, 2.75) is 76.7 Å². The van der Waals surface area contributed by atoms with E-state index in [2.05, 4.69) is 0 Å². The van der Waals surface area contributed by atoms with Crippen LogP contribution < -0.4 is 0 Å². The van der Waals surface area contributed by atoms with Gasteiger partial charge in [-0.25, -0.2) is 13.2 Å². The Morgan fingerprint density at radius 3 is 2.22 bits per heavy atom. The lowest BCUT2D eigenvalue weighted by Crippen LogP contribution is -2.46. The first kappa shape index (κ1) is 23.3. The summed E-state index contributed by atoms with van der Waals surface area (Å²) in [6, 6.07) is 10.2. The average Bonchev–Trinajstić information content (AvgIpc) is 2.80. The molecule has 0 atom stereocenters. The van der Waals surface area contributed by atoms with E-state index in [0.29, 0.717) is 29.5 Å². The van der Waals surface area contributed by atoms with Crippen molar-refractivity contribution < 1.29 is 22.6 Å². The van der Waals surface area contributed by atoms with E-state index in [-0.39, 0.29) is 43.0 Å². The van der Waals surface area contributed by atoms with Crippen molar-refractivity contribution in [1.82, 2.24) is 0 Å². The lowest BCUT2D eigenvalue weighted by atomic mass is 9.78. The number of halogens is 3. The first-order valence-electron chi connectivity index (χ1n) is 11.9. The molecule has 32 heavy (non-hydrogen) atoms. The van der Waals surface area contributed by atoms with E-state index in [9.17, 15) is 13.2 Å². The highest BCUT2D eigenvalue weighted by Gasteiger charge is 2.40. The Morgan fingerprint density at radius 1 is 0.906 bits per heavy atom. The summed E-state index contributed by atoms with van der Waals surface area (Å²) in [7, 11) is 0. The van der Waals surface area contributed by atoms with Gasteiger partial charge in [-0.05, 0) is 73.3 Å². The van der Waals surface area contributed by atoms with Crippen LogP contribution in [0.5, 0.6) is 0 Å². The standard InChI is InChI=1S/C27H33F3O2/c1-3-13-27(30)16-31-26(32-17-27)20-8-6-19(7-9-20)21-11-12-23(25(29)14-21)22-10-5-18(4-2)24(28)15-22/h5,10-12,14-15,19-20,26H,3-4,6-9,13,16-17H2,1-2H3. The molecule has 2 aromatic carbocycles. The highest BCUT2D eigenvalue weighted by molar-refractivity contribution is 5.65. The highest BCUT2D eigenvalue weighted by atomic mass is 19.1. The van der Waals surface area contributed by atoms with Gasteiger partial charge in [-0.2, -0.15) is 0 Å². The SMILES string of the molecule is CCCC1(F)COC(C2CCC(c3ccc(-c4ccc(CC)c(F)c4)c(F)c3)CC2)OC1. The number of alkyl halides is 1. The van der Waals surface area contributed by atoms with Gasteiger partial charge in [-0.3, -0.25) is 0 Å². The Labute approximate surface area is 189 Å². The second-order valence-corrected chi connectivity index (χ2v) is 9.40. The van der Waals surface area contributed by atoms with Crippen LogP contribution in [0.25, 0.3) is 11.1 Å². The molecule has 0 N–H and O–H groups in total. The molecule has 0 aromatic heterocycles. The Hall–Kier alpha value is -1.85. The van der Waals surface area contributed by atoms with E-state index in [1.54, 1.807) is 24.3 Å². The van der Waals surface area contributed by atoms with E-state index < -0.39 is 5.67 Å². The van der Waals surface area contributed by atoms with Crippen molar-refractivity contribution in [1.29, 1.82) is 0 Å². The van der Waals surface area contributed by atoms with Gasteiger partial charge in [0.2, 0.25) is 0 Å². The van der Waals surface area contributed by atoms with Crippen molar-refractivity contribution >= 4 is 0 Å². The van der Waals surface area contributed by atoms with Gasteiger partial charge in [0.15, 0.2) is 12.0 Å². The lowest BCUT2D eigenvalue weighted by molar-refractivity contribution is -0.257. The van der Waals surface area contributed by atoms with Crippen molar-refractivity contribution in [2.75, 3.05) is 13.2 Å². The molecule has 2 nitrogen and oxygen atoms in total. The number of hydrogen-bond acceptors (Lipinski definition) is 2.